The third-order valence-corrected chi connectivity index (χ3v) is 7.65. The van der Waals surface area contributed by atoms with Crippen molar-refractivity contribution in [2.75, 3.05) is 0 Å². The van der Waals surface area contributed by atoms with Gasteiger partial charge in [-0.05, 0) is 110 Å². The van der Waals surface area contributed by atoms with Gasteiger partial charge in [0.1, 0.15) is 0 Å². The van der Waals surface area contributed by atoms with E-state index in [1.54, 1.807) is 11.1 Å². The molecule has 1 aromatic carbocycles. The van der Waals surface area contributed by atoms with E-state index < -0.39 is 0 Å². The maximum absolute atomic E-state index is 12.5. The lowest BCUT2D eigenvalue weighted by Crippen LogP contribution is -2.34. The van der Waals surface area contributed by atoms with Crippen LogP contribution in [0.15, 0.2) is 30.6 Å². The zero-order valence-corrected chi connectivity index (χ0v) is 15.7. The Morgan fingerprint density at radius 1 is 0.920 bits per heavy atom. The molecule has 0 N–H and O–H groups in total. The number of aryl methyl sites for hydroxylation is 2. The molecule has 4 rings (SSSR count). The van der Waals surface area contributed by atoms with Crippen LogP contribution in [0.3, 0.4) is 0 Å². The van der Waals surface area contributed by atoms with Crippen LogP contribution in [0.1, 0.15) is 68.6 Å². The lowest BCUT2D eigenvalue weighted by atomic mass is 9.61. The minimum atomic E-state index is 0.511. The van der Waals surface area contributed by atoms with Crippen molar-refractivity contribution in [2.45, 2.75) is 71.1 Å². The molecule has 0 spiro atoms. The van der Waals surface area contributed by atoms with Gasteiger partial charge in [0, 0.05) is 0 Å². The molecule has 0 heterocycles. The first-order valence-corrected chi connectivity index (χ1v) is 10.6. The highest BCUT2D eigenvalue weighted by Crippen LogP contribution is 2.48. The molecule has 0 amide bonds. The molecule has 0 saturated heterocycles. The second-order valence-corrected chi connectivity index (χ2v) is 8.94. The summed E-state index contributed by atoms with van der Waals surface area (Å²) in [5.74, 6) is 4.15. The zero-order valence-electron chi connectivity index (χ0n) is 15.7. The largest absolute Gasteiger partial charge is 0.216 e. The Labute approximate surface area is 152 Å². The van der Waals surface area contributed by atoms with Crippen molar-refractivity contribution in [1.82, 2.24) is 0 Å². The Morgan fingerprint density at radius 2 is 1.68 bits per heavy atom. The van der Waals surface area contributed by atoms with E-state index in [-0.39, 0.29) is 0 Å². The summed E-state index contributed by atoms with van der Waals surface area (Å²) in [6, 6.07) is 7.22. The summed E-state index contributed by atoms with van der Waals surface area (Å²) in [5.41, 5.74) is 4.76. The van der Waals surface area contributed by atoms with Gasteiger partial charge in [-0.1, -0.05) is 31.2 Å². The molecule has 5 atom stereocenters. The second-order valence-electron chi connectivity index (χ2n) is 8.94. The number of allylic oxidation sites excluding steroid dienone is 1. The molecule has 3 unspecified atom stereocenters. The van der Waals surface area contributed by atoms with E-state index in [0.29, 0.717) is 5.92 Å². The fraction of sp³-hybridized carbons (Fsp3) is 0.667. The van der Waals surface area contributed by atoms with Crippen molar-refractivity contribution >= 4 is 0 Å². The summed E-state index contributed by atoms with van der Waals surface area (Å²) < 4.78 is 12.5. The molecule has 0 bridgehead atoms. The number of rotatable bonds is 3. The van der Waals surface area contributed by atoms with E-state index in [2.05, 4.69) is 25.1 Å². The quantitative estimate of drug-likeness (QED) is 0.576. The molecule has 0 radical (unpaired) electrons. The van der Waals surface area contributed by atoms with E-state index in [1.165, 1.54) is 63.4 Å². The SMILES string of the molecule is CCc1ccc2c(c1)CCC(C1CCC3C[C@H](C=CF)CC[C@@H]3C1)C2. The second kappa shape index (κ2) is 7.64. The minimum absolute atomic E-state index is 0.511. The van der Waals surface area contributed by atoms with Gasteiger partial charge < -0.3 is 0 Å². The average Bonchev–Trinajstić information content (AvgIpc) is 2.67. The Morgan fingerprint density at radius 3 is 2.48 bits per heavy atom. The van der Waals surface area contributed by atoms with E-state index in [0.717, 1.165) is 36.4 Å². The van der Waals surface area contributed by atoms with Crippen molar-refractivity contribution in [2.24, 2.45) is 29.6 Å². The van der Waals surface area contributed by atoms with Crippen LogP contribution in [-0.2, 0) is 19.3 Å². The molecule has 0 aliphatic heterocycles. The van der Waals surface area contributed by atoms with Crippen LogP contribution in [0, 0.1) is 29.6 Å². The van der Waals surface area contributed by atoms with Gasteiger partial charge in [0.25, 0.3) is 0 Å². The van der Waals surface area contributed by atoms with Crippen molar-refractivity contribution in [3.8, 4) is 0 Å². The molecule has 2 saturated carbocycles. The van der Waals surface area contributed by atoms with Crippen LogP contribution < -0.4 is 0 Å². The summed E-state index contributed by atoms with van der Waals surface area (Å²) in [4.78, 5) is 0. The number of hydrogen-bond acceptors (Lipinski definition) is 0. The van der Waals surface area contributed by atoms with Gasteiger partial charge in [0.15, 0.2) is 0 Å². The fourth-order valence-corrected chi connectivity index (χ4v) is 6.13. The highest BCUT2D eigenvalue weighted by molar-refractivity contribution is 5.34. The van der Waals surface area contributed by atoms with Gasteiger partial charge >= 0.3 is 0 Å². The molecule has 3 aliphatic rings. The van der Waals surface area contributed by atoms with E-state index in [1.807, 2.05) is 6.08 Å². The normalized spacial score (nSPS) is 35.4. The molecule has 3 aliphatic carbocycles. The van der Waals surface area contributed by atoms with Crippen molar-refractivity contribution in [1.29, 1.82) is 0 Å². The molecule has 0 aromatic heterocycles. The Kier molecular flexibility index (Phi) is 5.29. The highest BCUT2D eigenvalue weighted by atomic mass is 19.1. The lowest BCUT2D eigenvalue weighted by Gasteiger charge is -2.44. The third-order valence-electron chi connectivity index (χ3n) is 7.65. The van der Waals surface area contributed by atoms with E-state index in [4.69, 9.17) is 0 Å². The lowest BCUT2D eigenvalue weighted by molar-refractivity contribution is 0.0809. The molecular formula is C24H33F. The van der Waals surface area contributed by atoms with Gasteiger partial charge in [-0.2, -0.15) is 0 Å². The first-order valence-electron chi connectivity index (χ1n) is 10.6. The number of fused-ring (bicyclic) bond motifs is 2. The fourth-order valence-electron chi connectivity index (χ4n) is 6.13. The molecule has 0 nitrogen and oxygen atoms in total. The predicted octanol–water partition coefficient (Wildman–Crippen LogP) is 6.67. The Balaban J connectivity index is 1.38. The topological polar surface area (TPSA) is 0 Å². The van der Waals surface area contributed by atoms with Crippen LogP contribution in [0.4, 0.5) is 4.39 Å². The van der Waals surface area contributed by atoms with Gasteiger partial charge in [-0.3, -0.25) is 0 Å². The standard InChI is InChI=1S/C24H33F/c1-2-17-3-5-21-15-23(9-7-19(21)13-17)24-10-8-20-14-18(11-12-25)4-6-22(20)16-24/h3,5,11-13,18,20,22-24H,2,4,6-10,14-16H2,1H3/t18-,20?,22+,23?,24?/m0/s1. The van der Waals surface area contributed by atoms with Gasteiger partial charge in [-0.25, -0.2) is 4.39 Å². The summed E-state index contributed by atoms with van der Waals surface area (Å²) in [6.07, 6.45) is 15.8. The molecule has 25 heavy (non-hydrogen) atoms. The number of hydrogen-bond donors (Lipinski definition) is 0. The average molecular weight is 341 g/mol. The van der Waals surface area contributed by atoms with Gasteiger partial charge in [0.05, 0.1) is 6.33 Å². The maximum Gasteiger partial charge on any atom is 0.0829 e. The van der Waals surface area contributed by atoms with Crippen LogP contribution in [0.25, 0.3) is 0 Å². The van der Waals surface area contributed by atoms with Crippen molar-refractivity contribution in [3.63, 3.8) is 0 Å². The monoisotopic (exact) mass is 340 g/mol. The van der Waals surface area contributed by atoms with Crippen LogP contribution in [-0.4, -0.2) is 0 Å². The first-order chi connectivity index (χ1) is 12.3. The first kappa shape index (κ1) is 17.3. The zero-order chi connectivity index (χ0) is 17.2. The minimum Gasteiger partial charge on any atom is -0.216 e. The maximum atomic E-state index is 12.5. The summed E-state index contributed by atoms with van der Waals surface area (Å²) in [7, 11) is 0. The van der Waals surface area contributed by atoms with Gasteiger partial charge in [-0.15, -0.1) is 0 Å². The molecular weight excluding hydrogens is 307 g/mol. The van der Waals surface area contributed by atoms with Gasteiger partial charge in [0.2, 0.25) is 0 Å². The van der Waals surface area contributed by atoms with E-state index in [9.17, 15) is 4.39 Å². The molecule has 1 heteroatoms. The number of halogens is 1. The van der Waals surface area contributed by atoms with Crippen molar-refractivity contribution < 1.29 is 4.39 Å². The smallest absolute Gasteiger partial charge is 0.0829 e. The number of benzene rings is 1. The third kappa shape index (κ3) is 3.71. The summed E-state index contributed by atoms with van der Waals surface area (Å²) >= 11 is 0. The molecule has 136 valence electrons. The predicted molar refractivity (Wildman–Crippen MR) is 103 cm³/mol. The molecule has 2 fully saturated rings. The van der Waals surface area contributed by atoms with E-state index >= 15 is 0 Å². The van der Waals surface area contributed by atoms with Crippen LogP contribution in [0.5, 0.6) is 0 Å². The molecule has 1 aromatic rings. The van der Waals surface area contributed by atoms with Crippen LogP contribution >= 0.6 is 0 Å². The summed E-state index contributed by atoms with van der Waals surface area (Å²) in [6.45, 7) is 2.25. The van der Waals surface area contributed by atoms with Crippen molar-refractivity contribution in [3.05, 3.63) is 47.3 Å². The summed E-state index contributed by atoms with van der Waals surface area (Å²) in [5, 5.41) is 0. The highest BCUT2D eigenvalue weighted by Gasteiger charge is 2.38. The Hall–Kier alpha value is -1.11. The van der Waals surface area contributed by atoms with Crippen LogP contribution in [0.2, 0.25) is 0 Å². The Bertz CT molecular complexity index is 617.